The average molecular weight is 483 g/mol. The van der Waals surface area contributed by atoms with Gasteiger partial charge in [0, 0.05) is 30.1 Å². The van der Waals surface area contributed by atoms with E-state index in [9.17, 15) is 13.2 Å². The number of hydrogen-bond donors (Lipinski definition) is 0. The molecular weight excluding hydrogens is 459 g/mol. The van der Waals surface area contributed by atoms with Crippen molar-refractivity contribution in [1.82, 2.24) is 9.38 Å². The Balaban J connectivity index is 1.77. The number of aromatic nitrogens is 2. The summed E-state index contributed by atoms with van der Waals surface area (Å²) in [6.07, 6.45) is -1.04. The molecule has 0 saturated carbocycles. The molecule has 0 amide bonds. The molecule has 0 bridgehead atoms. The molecule has 0 spiro atoms. The third-order valence-electron chi connectivity index (χ3n) is 5.92. The van der Waals surface area contributed by atoms with Gasteiger partial charge in [-0.15, -0.1) is 0 Å². The molecule has 2 aromatic heterocycles. The lowest BCUT2D eigenvalue weighted by molar-refractivity contribution is -0.137. The Bertz CT molecular complexity index is 1350. The van der Waals surface area contributed by atoms with Gasteiger partial charge in [-0.25, -0.2) is 15.0 Å². The van der Waals surface area contributed by atoms with E-state index < -0.39 is 17.8 Å². The predicted molar refractivity (Wildman–Crippen MR) is 125 cm³/mol. The van der Waals surface area contributed by atoms with Crippen LogP contribution in [0.3, 0.4) is 0 Å². The van der Waals surface area contributed by atoms with Gasteiger partial charge in [-0.2, -0.15) is 18.4 Å². The molecule has 1 aliphatic rings. The van der Waals surface area contributed by atoms with Crippen LogP contribution in [0.5, 0.6) is 0 Å². The monoisotopic (exact) mass is 483 g/mol. The quantitative estimate of drug-likeness (QED) is 0.527. The standard InChI is InChI=1S/C25H24F3N5O2/c1-14(2)21-24(35-4)31-20(23(32-21)34-3)12-16-6-8-18(22-30-9-10-33(16)22)17-7-5-15(13-29)11-19(17)25(26,27)28/h5-11,14,20-21H,12H2,1-4H3/t20-,21+/m0/s1. The Hall–Kier alpha value is -3.87. The molecule has 0 unspecified atom stereocenters. The van der Waals surface area contributed by atoms with Crippen LogP contribution in [-0.4, -0.2) is 47.5 Å². The first-order chi connectivity index (χ1) is 16.7. The number of ether oxygens (including phenoxy) is 2. The minimum atomic E-state index is -4.63. The summed E-state index contributed by atoms with van der Waals surface area (Å²) in [5.41, 5.74) is 0.439. The molecule has 182 valence electrons. The van der Waals surface area contributed by atoms with Gasteiger partial charge in [0.25, 0.3) is 0 Å². The highest BCUT2D eigenvalue weighted by Crippen LogP contribution is 2.39. The van der Waals surface area contributed by atoms with Crippen molar-refractivity contribution in [2.75, 3.05) is 14.2 Å². The molecule has 0 saturated heterocycles. The van der Waals surface area contributed by atoms with Crippen molar-refractivity contribution in [1.29, 1.82) is 5.26 Å². The molecular formula is C25H24F3N5O2. The molecule has 0 N–H and O–H groups in total. The molecule has 0 aliphatic carbocycles. The van der Waals surface area contributed by atoms with Gasteiger partial charge in [-0.1, -0.05) is 19.9 Å². The Morgan fingerprint density at radius 2 is 1.77 bits per heavy atom. The largest absolute Gasteiger partial charge is 0.483 e. The maximum Gasteiger partial charge on any atom is 0.417 e. The maximum absolute atomic E-state index is 13.8. The van der Waals surface area contributed by atoms with E-state index in [1.54, 1.807) is 35.9 Å². The summed E-state index contributed by atoms with van der Waals surface area (Å²) in [5.74, 6) is 1.14. The minimum absolute atomic E-state index is 0.0458. The number of benzene rings is 1. The van der Waals surface area contributed by atoms with E-state index in [1.165, 1.54) is 25.4 Å². The van der Waals surface area contributed by atoms with Crippen molar-refractivity contribution in [3.05, 3.63) is 59.5 Å². The van der Waals surface area contributed by atoms with E-state index in [2.05, 4.69) is 9.98 Å². The van der Waals surface area contributed by atoms with E-state index in [0.29, 0.717) is 29.4 Å². The van der Waals surface area contributed by atoms with Crippen LogP contribution in [0.1, 0.15) is 30.7 Å². The maximum atomic E-state index is 13.8. The first kappa shape index (κ1) is 24.3. The smallest absolute Gasteiger partial charge is 0.417 e. The topological polar surface area (TPSA) is 84.3 Å². The summed E-state index contributed by atoms with van der Waals surface area (Å²) in [4.78, 5) is 13.7. The molecule has 4 rings (SSSR count). The first-order valence-corrected chi connectivity index (χ1v) is 11.0. The highest BCUT2D eigenvalue weighted by atomic mass is 19.4. The number of fused-ring (bicyclic) bond motifs is 1. The Labute approximate surface area is 200 Å². The van der Waals surface area contributed by atoms with Crippen molar-refractivity contribution in [3.63, 3.8) is 0 Å². The summed E-state index contributed by atoms with van der Waals surface area (Å²) in [5, 5.41) is 9.07. The van der Waals surface area contributed by atoms with Crippen LogP contribution in [0, 0.1) is 17.2 Å². The zero-order valence-corrected chi connectivity index (χ0v) is 19.7. The van der Waals surface area contributed by atoms with Crippen molar-refractivity contribution in [3.8, 4) is 17.2 Å². The fourth-order valence-corrected chi connectivity index (χ4v) is 4.22. The molecule has 0 fully saturated rings. The zero-order valence-electron chi connectivity index (χ0n) is 19.7. The normalized spacial score (nSPS) is 18.3. The van der Waals surface area contributed by atoms with Gasteiger partial charge < -0.3 is 13.9 Å². The van der Waals surface area contributed by atoms with Crippen LogP contribution in [0.2, 0.25) is 0 Å². The number of pyridine rings is 1. The van der Waals surface area contributed by atoms with Crippen LogP contribution >= 0.6 is 0 Å². The SMILES string of the molecule is COC1=N[C@H](C(C)C)C(OC)=N[C@H]1Cc1ccc(-c2ccc(C#N)cc2C(F)(F)F)c2nccn12. The van der Waals surface area contributed by atoms with Crippen molar-refractivity contribution >= 4 is 17.4 Å². The van der Waals surface area contributed by atoms with E-state index >= 15 is 0 Å². The molecule has 1 aromatic carbocycles. The van der Waals surface area contributed by atoms with E-state index in [4.69, 9.17) is 19.7 Å². The molecule has 0 radical (unpaired) electrons. The minimum Gasteiger partial charge on any atom is -0.483 e. The van der Waals surface area contributed by atoms with Crippen LogP contribution in [0.4, 0.5) is 13.2 Å². The van der Waals surface area contributed by atoms with Gasteiger partial charge in [-0.05, 0) is 35.7 Å². The summed E-state index contributed by atoms with van der Waals surface area (Å²) >= 11 is 0. The third-order valence-corrected chi connectivity index (χ3v) is 5.92. The number of halogens is 3. The molecule has 35 heavy (non-hydrogen) atoms. The molecule has 2 atom stereocenters. The van der Waals surface area contributed by atoms with Gasteiger partial charge >= 0.3 is 6.18 Å². The van der Waals surface area contributed by atoms with E-state index in [1.807, 2.05) is 13.8 Å². The lowest BCUT2D eigenvalue weighted by atomic mass is 9.97. The Kier molecular flexibility index (Phi) is 6.52. The number of nitrogens with zero attached hydrogens (tertiary/aromatic N) is 5. The summed E-state index contributed by atoms with van der Waals surface area (Å²) in [7, 11) is 3.09. The third kappa shape index (κ3) is 4.58. The average Bonchev–Trinajstić information content (AvgIpc) is 3.33. The number of rotatable bonds is 4. The Morgan fingerprint density at radius 1 is 1.06 bits per heavy atom. The number of aliphatic imine (C=N–C) groups is 2. The molecule has 3 heterocycles. The van der Waals surface area contributed by atoms with E-state index in [0.717, 1.165) is 11.8 Å². The van der Waals surface area contributed by atoms with Crippen LogP contribution < -0.4 is 0 Å². The van der Waals surface area contributed by atoms with Gasteiger partial charge in [0.2, 0.25) is 11.8 Å². The van der Waals surface area contributed by atoms with Crippen LogP contribution in [-0.2, 0) is 22.1 Å². The molecule has 10 heteroatoms. The van der Waals surface area contributed by atoms with Crippen LogP contribution in [0.15, 0.2) is 52.7 Å². The van der Waals surface area contributed by atoms with E-state index in [-0.39, 0.29) is 23.1 Å². The fraction of sp³-hybridized carbons (Fsp3) is 0.360. The lowest BCUT2D eigenvalue weighted by Gasteiger charge is -2.27. The summed E-state index contributed by atoms with van der Waals surface area (Å²) in [6.45, 7) is 4.03. The van der Waals surface area contributed by atoms with Crippen LogP contribution in [0.25, 0.3) is 16.8 Å². The van der Waals surface area contributed by atoms with Crippen molar-refractivity contribution < 1.29 is 22.6 Å². The second kappa shape index (κ2) is 9.41. The number of methoxy groups -OCH3 is 2. The lowest BCUT2D eigenvalue weighted by Crippen LogP contribution is -2.38. The molecule has 3 aromatic rings. The number of nitriles is 1. The molecule has 7 nitrogen and oxygen atoms in total. The molecule has 1 aliphatic heterocycles. The Morgan fingerprint density at radius 3 is 2.40 bits per heavy atom. The summed E-state index contributed by atoms with van der Waals surface area (Å²) < 4.78 is 54.2. The predicted octanol–water partition coefficient (Wildman–Crippen LogP) is 4.93. The number of alkyl halides is 3. The second-order valence-electron chi connectivity index (χ2n) is 8.48. The highest BCUT2D eigenvalue weighted by molar-refractivity contribution is 5.94. The number of imidazole rings is 1. The first-order valence-electron chi connectivity index (χ1n) is 11.0. The van der Waals surface area contributed by atoms with Crippen molar-refractivity contribution in [2.45, 2.75) is 38.5 Å². The van der Waals surface area contributed by atoms with Gasteiger partial charge in [0.05, 0.1) is 31.4 Å². The second-order valence-corrected chi connectivity index (χ2v) is 8.48. The van der Waals surface area contributed by atoms with Crippen molar-refractivity contribution in [2.24, 2.45) is 15.9 Å². The fourth-order valence-electron chi connectivity index (χ4n) is 4.22. The van der Waals surface area contributed by atoms with Gasteiger partial charge in [-0.3, -0.25) is 0 Å². The summed E-state index contributed by atoms with van der Waals surface area (Å²) in [6, 6.07) is 7.95. The van der Waals surface area contributed by atoms with Gasteiger partial charge in [0.15, 0.2) is 0 Å². The number of hydrogen-bond acceptors (Lipinski definition) is 6. The zero-order chi connectivity index (χ0) is 25.3. The highest BCUT2D eigenvalue weighted by Gasteiger charge is 2.35. The van der Waals surface area contributed by atoms with Gasteiger partial charge in [0.1, 0.15) is 17.7 Å².